The Labute approximate surface area is 253 Å². The highest BCUT2D eigenvalue weighted by Gasteiger charge is 2.32. The number of carbonyl (C=O) groups excluding carboxylic acids is 5. The summed E-state index contributed by atoms with van der Waals surface area (Å²) < 4.78 is 0. The van der Waals surface area contributed by atoms with Crippen LogP contribution in [0.5, 0.6) is 5.75 Å². The number of aliphatic hydroxyl groups is 1. The molecule has 15 heteroatoms. The molecule has 0 unspecified atom stereocenters. The van der Waals surface area contributed by atoms with E-state index in [4.69, 9.17) is 11.5 Å². The van der Waals surface area contributed by atoms with Crippen LogP contribution in [-0.2, 0) is 36.8 Å². The highest BCUT2D eigenvalue weighted by atomic mass is 16.3. The summed E-state index contributed by atoms with van der Waals surface area (Å²) in [5, 5.41) is 32.1. The van der Waals surface area contributed by atoms with Gasteiger partial charge in [-0.05, 0) is 36.1 Å². The predicted molar refractivity (Wildman–Crippen MR) is 160 cm³/mol. The number of aliphatic hydroxyl groups excluding tert-OH is 1. The van der Waals surface area contributed by atoms with Crippen LogP contribution < -0.4 is 38.1 Å². The number of nitrogens with zero attached hydrogens (tertiary/aromatic N) is 1. The van der Waals surface area contributed by atoms with E-state index < -0.39 is 66.9 Å². The lowest BCUT2D eigenvalue weighted by atomic mass is 10.0. The van der Waals surface area contributed by atoms with E-state index in [0.717, 1.165) is 0 Å². The quantitative estimate of drug-likeness (QED) is 0.0812. The first-order valence-electron chi connectivity index (χ1n) is 14.0. The Morgan fingerprint density at radius 1 is 0.727 bits per heavy atom. The molecular weight excluding hydrogens is 572 g/mol. The SMILES string of the molecule is NC(N)=NCCC[C@@H]1NC(=O)[C@H](Cc2ccc(O)cc2)NC(=O)CNC(=O)[C@H](CO)NC(=O)[C@@H](Cc2ccccc2)NC1=O. The van der Waals surface area contributed by atoms with Crippen LogP contribution in [0.2, 0.25) is 0 Å². The zero-order valence-corrected chi connectivity index (χ0v) is 24.0. The van der Waals surface area contributed by atoms with Gasteiger partial charge in [-0.3, -0.25) is 29.0 Å². The van der Waals surface area contributed by atoms with E-state index in [2.05, 4.69) is 31.6 Å². The molecule has 1 aliphatic heterocycles. The van der Waals surface area contributed by atoms with Gasteiger partial charge >= 0.3 is 0 Å². The van der Waals surface area contributed by atoms with Crippen LogP contribution in [-0.4, -0.2) is 89.6 Å². The molecule has 0 bridgehead atoms. The van der Waals surface area contributed by atoms with Crippen molar-refractivity contribution in [2.75, 3.05) is 19.7 Å². The molecule has 1 heterocycles. The van der Waals surface area contributed by atoms with E-state index in [1.165, 1.54) is 12.1 Å². The van der Waals surface area contributed by atoms with E-state index in [1.54, 1.807) is 42.5 Å². The Bertz CT molecular complexity index is 1330. The molecule has 4 atom stereocenters. The van der Waals surface area contributed by atoms with Crippen molar-refractivity contribution in [1.82, 2.24) is 26.6 Å². The minimum Gasteiger partial charge on any atom is -0.508 e. The van der Waals surface area contributed by atoms with Crippen LogP contribution in [0.1, 0.15) is 24.0 Å². The van der Waals surface area contributed by atoms with Gasteiger partial charge in [0, 0.05) is 19.4 Å². The van der Waals surface area contributed by atoms with Crippen molar-refractivity contribution in [3.05, 3.63) is 65.7 Å². The highest BCUT2D eigenvalue weighted by molar-refractivity contribution is 5.97. The number of guanidine groups is 1. The Morgan fingerprint density at radius 2 is 1.27 bits per heavy atom. The molecule has 2 aromatic rings. The van der Waals surface area contributed by atoms with Crippen LogP contribution in [0.25, 0.3) is 0 Å². The number of rotatable bonds is 9. The Morgan fingerprint density at radius 3 is 1.89 bits per heavy atom. The van der Waals surface area contributed by atoms with Crippen molar-refractivity contribution in [3.8, 4) is 5.75 Å². The van der Waals surface area contributed by atoms with Crippen molar-refractivity contribution in [2.24, 2.45) is 16.5 Å². The summed E-state index contributed by atoms with van der Waals surface area (Å²) in [5.74, 6) is -3.86. The second-order valence-electron chi connectivity index (χ2n) is 10.2. The number of nitrogens with two attached hydrogens (primary N) is 2. The van der Waals surface area contributed by atoms with E-state index in [-0.39, 0.29) is 43.9 Å². The summed E-state index contributed by atoms with van der Waals surface area (Å²) in [6.45, 7) is -1.17. The number of aromatic hydroxyl groups is 1. The number of aliphatic imine (C=N–C) groups is 1. The van der Waals surface area contributed by atoms with Gasteiger partial charge in [-0.25, -0.2) is 0 Å². The first-order chi connectivity index (χ1) is 21.0. The number of amides is 5. The fourth-order valence-corrected chi connectivity index (χ4v) is 4.46. The summed E-state index contributed by atoms with van der Waals surface area (Å²) in [6, 6.07) is 9.85. The maximum atomic E-state index is 13.6. The van der Waals surface area contributed by atoms with E-state index in [1.807, 2.05) is 0 Å². The fourth-order valence-electron chi connectivity index (χ4n) is 4.46. The van der Waals surface area contributed by atoms with Crippen molar-refractivity contribution >= 4 is 35.5 Å². The number of phenols is 1. The van der Waals surface area contributed by atoms with E-state index in [9.17, 15) is 34.2 Å². The molecule has 44 heavy (non-hydrogen) atoms. The number of phenolic OH excluding ortho intramolecular Hbond substituents is 1. The second-order valence-corrected chi connectivity index (χ2v) is 10.2. The van der Waals surface area contributed by atoms with Gasteiger partial charge in [0.2, 0.25) is 29.5 Å². The monoisotopic (exact) mass is 610 g/mol. The molecule has 0 spiro atoms. The Kier molecular flexibility index (Phi) is 12.5. The van der Waals surface area contributed by atoms with Crippen LogP contribution in [0.15, 0.2) is 59.6 Å². The van der Waals surface area contributed by atoms with Gasteiger partial charge in [-0.15, -0.1) is 0 Å². The fraction of sp³-hybridized carbons (Fsp3) is 0.379. The topological polar surface area (TPSA) is 250 Å². The number of nitrogens with one attached hydrogen (secondary N) is 5. The third kappa shape index (κ3) is 10.6. The third-order valence-corrected chi connectivity index (χ3v) is 6.76. The molecule has 0 aliphatic carbocycles. The maximum Gasteiger partial charge on any atom is 0.245 e. The number of carbonyl (C=O) groups is 5. The maximum absolute atomic E-state index is 13.6. The van der Waals surface area contributed by atoms with Gasteiger partial charge in [0.1, 0.15) is 29.9 Å². The van der Waals surface area contributed by atoms with Crippen molar-refractivity contribution in [3.63, 3.8) is 0 Å². The molecule has 2 aromatic carbocycles. The van der Waals surface area contributed by atoms with E-state index >= 15 is 0 Å². The molecule has 0 aromatic heterocycles. The van der Waals surface area contributed by atoms with Gasteiger partial charge in [-0.1, -0.05) is 42.5 Å². The summed E-state index contributed by atoms with van der Waals surface area (Å²) >= 11 is 0. The molecule has 1 aliphatic rings. The predicted octanol–water partition coefficient (Wildman–Crippen LogP) is -2.71. The molecular formula is C29H38N8O7. The highest BCUT2D eigenvalue weighted by Crippen LogP contribution is 2.12. The lowest BCUT2D eigenvalue weighted by Gasteiger charge is -2.26. The van der Waals surface area contributed by atoms with Crippen LogP contribution in [0.3, 0.4) is 0 Å². The second kappa shape index (κ2) is 16.5. The molecule has 0 radical (unpaired) electrons. The molecule has 0 saturated carbocycles. The smallest absolute Gasteiger partial charge is 0.245 e. The largest absolute Gasteiger partial charge is 0.508 e. The average Bonchev–Trinajstić information content (AvgIpc) is 3.00. The summed E-state index contributed by atoms with van der Waals surface area (Å²) in [6.07, 6.45) is 0.388. The molecule has 15 nitrogen and oxygen atoms in total. The summed E-state index contributed by atoms with van der Waals surface area (Å²) in [4.78, 5) is 69.9. The standard InChI is InChI=1S/C29H38N8O7/c30-29(31)32-12-4-7-20-26(42)36-22(13-17-5-2-1-3-6-17)28(44)37-23(16-38)25(41)33-15-24(40)34-21(27(43)35-20)14-18-8-10-19(39)11-9-18/h1-3,5-6,8-11,20-23,38-39H,4,7,12-16H2,(H,33,41)(H,34,40)(H,35,43)(H,36,42)(H,37,44)(H4,30,31,32)/t20-,21-,22+,23-/m0/s1. The molecule has 1 saturated heterocycles. The van der Waals surface area contributed by atoms with Gasteiger partial charge in [-0.2, -0.15) is 0 Å². The molecule has 3 rings (SSSR count). The minimum atomic E-state index is -1.42. The van der Waals surface area contributed by atoms with Gasteiger partial charge < -0.3 is 48.3 Å². The number of hydrogen-bond donors (Lipinski definition) is 9. The Hall–Kier alpha value is -5.18. The summed E-state index contributed by atoms with van der Waals surface area (Å²) in [7, 11) is 0. The summed E-state index contributed by atoms with van der Waals surface area (Å²) in [5.41, 5.74) is 12.1. The van der Waals surface area contributed by atoms with Crippen LogP contribution in [0, 0.1) is 0 Å². The third-order valence-electron chi connectivity index (χ3n) is 6.76. The number of benzene rings is 2. The first-order valence-corrected chi connectivity index (χ1v) is 14.0. The molecule has 1 fully saturated rings. The zero-order chi connectivity index (χ0) is 32.1. The molecule has 236 valence electrons. The number of hydrogen-bond acceptors (Lipinski definition) is 8. The average molecular weight is 611 g/mol. The minimum absolute atomic E-state index is 0.00984. The first kappa shape index (κ1) is 33.3. The van der Waals surface area contributed by atoms with Crippen molar-refractivity contribution < 1.29 is 34.2 Å². The molecule has 11 N–H and O–H groups in total. The van der Waals surface area contributed by atoms with Crippen LogP contribution >= 0.6 is 0 Å². The zero-order valence-electron chi connectivity index (χ0n) is 24.0. The normalized spacial score (nSPS) is 21.8. The van der Waals surface area contributed by atoms with Gasteiger partial charge in [0.15, 0.2) is 5.96 Å². The van der Waals surface area contributed by atoms with Crippen molar-refractivity contribution in [1.29, 1.82) is 0 Å². The Balaban J connectivity index is 1.95. The lowest BCUT2D eigenvalue weighted by molar-refractivity contribution is -0.134. The molecule has 5 amide bonds. The van der Waals surface area contributed by atoms with Gasteiger partial charge in [0.25, 0.3) is 0 Å². The van der Waals surface area contributed by atoms with E-state index in [0.29, 0.717) is 11.1 Å². The van der Waals surface area contributed by atoms with Crippen molar-refractivity contribution in [2.45, 2.75) is 49.9 Å². The lowest BCUT2D eigenvalue weighted by Crippen LogP contribution is -2.58. The van der Waals surface area contributed by atoms with Gasteiger partial charge in [0.05, 0.1) is 13.2 Å². The van der Waals surface area contributed by atoms with Crippen LogP contribution in [0.4, 0.5) is 0 Å².